The number of benzene rings is 1. The topological polar surface area (TPSA) is 61.2 Å². The van der Waals surface area contributed by atoms with Crippen molar-refractivity contribution in [1.82, 2.24) is 4.31 Å². The first kappa shape index (κ1) is 14.6. The lowest BCUT2D eigenvalue weighted by Crippen LogP contribution is -2.37. The minimum atomic E-state index is -3.84. The number of nitriles is 1. The SMILES string of the molecule is CCN(C(C)C)S(=O)(=O)c1cccc(F)c1C#N. The number of rotatable bonds is 4. The van der Waals surface area contributed by atoms with Crippen molar-refractivity contribution in [3.8, 4) is 6.07 Å². The molecule has 1 aromatic carbocycles. The minimum Gasteiger partial charge on any atom is -0.207 e. The van der Waals surface area contributed by atoms with Crippen LogP contribution in [0.1, 0.15) is 26.3 Å². The predicted octanol–water partition coefficient (Wildman–Crippen LogP) is 2.12. The third-order valence-corrected chi connectivity index (χ3v) is 4.75. The first-order chi connectivity index (χ1) is 8.36. The van der Waals surface area contributed by atoms with Gasteiger partial charge in [-0.25, -0.2) is 12.8 Å². The maximum absolute atomic E-state index is 13.4. The number of sulfonamides is 1. The summed E-state index contributed by atoms with van der Waals surface area (Å²) in [6, 6.07) is 4.97. The molecule has 0 saturated carbocycles. The van der Waals surface area contributed by atoms with Crippen LogP contribution < -0.4 is 0 Å². The number of halogens is 1. The van der Waals surface area contributed by atoms with Gasteiger partial charge in [0.1, 0.15) is 22.3 Å². The Hall–Kier alpha value is -1.45. The van der Waals surface area contributed by atoms with Crippen LogP contribution in [0.15, 0.2) is 23.1 Å². The van der Waals surface area contributed by atoms with Gasteiger partial charge in [0.2, 0.25) is 10.0 Å². The van der Waals surface area contributed by atoms with Crippen LogP contribution >= 0.6 is 0 Å². The summed E-state index contributed by atoms with van der Waals surface area (Å²) in [6.45, 7) is 5.42. The molecule has 0 fully saturated rings. The van der Waals surface area contributed by atoms with Gasteiger partial charge in [-0.05, 0) is 26.0 Å². The zero-order valence-electron chi connectivity index (χ0n) is 10.5. The first-order valence-corrected chi connectivity index (χ1v) is 7.00. The fourth-order valence-corrected chi connectivity index (χ4v) is 3.57. The van der Waals surface area contributed by atoms with Crippen molar-refractivity contribution in [2.24, 2.45) is 0 Å². The van der Waals surface area contributed by atoms with E-state index in [1.165, 1.54) is 16.4 Å². The standard InChI is InChI=1S/C12H15FN2O2S/c1-4-15(9(2)3)18(16,17)12-7-5-6-11(13)10(12)8-14/h5-7,9H,4H2,1-3H3. The van der Waals surface area contributed by atoms with E-state index < -0.39 is 21.4 Å². The summed E-state index contributed by atoms with van der Waals surface area (Å²) >= 11 is 0. The lowest BCUT2D eigenvalue weighted by molar-refractivity contribution is 0.369. The highest BCUT2D eigenvalue weighted by atomic mass is 32.2. The monoisotopic (exact) mass is 270 g/mol. The maximum Gasteiger partial charge on any atom is 0.244 e. The van der Waals surface area contributed by atoms with Gasteiger partial charge in [-0.1, -0.05) is 13.0 Å². The minimum absolute atomic E-state index is 0.255. The van der Waals surface area contributed by atoms with E-state index in [-0.39, 0.29) is 17.5 Å². The third kappa shape index (κ3) is 2.52. The molecule has 0 N–H and O–H groups in total. The second-order valence-electron chi connectivity index (χ2n) is 4.03. The van der Waals surface area contributed by atoms with Crippen LogP contribution in [0, 0.1) is 17.1 Å². The fraction of sp³-hybridized carbons (Fsp3) is 0.417. The summed E-state index contributed by atoms with van der Waals surface area (Å²) in [4.78, 5) is -0.277. The molecule has 0 amide bonds. The molecule has 0 bridgehead atoms. The van der Waals surface area contributed by atoms with Crippen molar-refractivity contribution in [1.29, 1.82) is 5.26 Å². The Morgan fingerprint density at radius 1 is 1.44 bits per heavy atom. The van der Waals surface area contributed by atoms with Gasteiger partial charge < -0.3 is 0 Å². The van der Waals surface area contributed by atoms with Crippen LogP contribution in [-0.2, 0) is 10.0 Å². The Bertz CT molecular complexity index is 576. The zero-order chi connectivity index (χ0) is 13.9. The van der Waals surface area contributed by atoms with Crippen molar-refractivity contribution < 1.29 is 12.8 Å². The van der Waals surface area contributed by atoms with Crippen LogP contribution in [0.4, 0.5) is 4.39 Å². The molecule has 0 aliphatic heterocycles. The summed E-state index contributed by atoms with van der Waals surface area (Å²) in [7, 11) is -3.84. The highest BCUT2D eigenvalue weighted by Gasteiger charge is 2.29. The Morgan fingerprint density at radius 2 is 2.06 bits per heavy atom. The first-order valence-electron chi connectivity index (χ1n) is 5.56. The van der Waals surface area contributed by atoms with E-state index in [0.717, 1.165) is 6.07 Å². The highest BCUT2D eigenvalue weighted by Crippen LogP contribution is 2.23. The van der Waals surface area contributed by atoms with Crippen LogP contribution in [0.3, 0.4) is 0 Å². The van der Waals surface area contributed by atoms with E-state index in [0.29, 0.717) is 0 Å². The van der Waals surface area contributed by atoms with Gasteiger partial charge in [0.15, 0.2) is 0 Å². The van der Waals surface area contributed by atoms with Crippen molar-refractivity contribution in [2.75, 3.05) is 6.54 Å². The zero-order valence-corrected chi connectivity index (χ0v) is 11.3. The summed E-state index contributed by atoms with van der Waals surface area (Å²) < 4.78 is 39.4. The van der Waals surface area contributed by atoms with Gasteiger partial charge in [0.25, 0.3) is 0 Å². The normalized spacial score (nSPS) is 11.8. The molecule has 0 atom stereocenters. The van der Waals surface area contributed by atoms with Crippen LogP contribution in [0.2, 0.25) is 0 Å². The van der Waals surface area contributed by atoms with Crippen LogP contribution in [-0.4, -0.2) is 25.3 Å². The molecular weight excluding hydrogens is 255 g/mol. The van der Waals surface area contributed by atoms with Crippen LogP contribution in [0.25, 0.3) is 0 Å². The van der Waals surface area contributed by atoms with E-state index in [2.05, 4.69) is 0 Å². The van der Waals surface area contributed by atoms with E-state index in [1.807, 2.05) is 0 Å². The molecule has 1 aromatic rings. The molecule has 0 aliphatic carbocycles. The van der Waals surface area contributed by atoms with Gasteiger partial charge in [-0.15, -0.1) is 0 Å². The molecule has 0 radical (unpaired) electrons. The largest absolute Gasteiger partial charge is 0.244 e. The predicted molar refractivity (Wildman–Crippen MR) is 65.8 cm³/mol. The lowest BCUT2D eigenvalue weighted by Gasteiger charge is -2.24. The Labute approximate surface area is 107 Å². The van der Waals surface area contributed by atoms with E-state index in [9.17, 15) is 12.8 Å². The summed E-state index contributed by atoms with van der Waals surface area (Å²) in [6.07, 6.45) is 0. The van der Waals surface area contributed by atoms with Gasteiger partial charge in [-0.2, -0.15) is 9.57 Å². The third-order valence-electron chi connectivity index (χ3n) is 2.56. The van der Waals surface area contributed by atoms with E-state index in [4.69, 9.17) is 5.26 Å². The second kappa shape index (κ2) is 5.46. The van der Waals surface area contributed by atoms with Crippen molar-refractivity contribution in [3.63, 3.8) is 0 Å². The number of nitrogens with zero attached hydrogens (tertiary/aromatic N) is 2. The fourth-order valence-electron chi connectivity index (χ4n) is 1.77. The molecule has 98 valence electrons. The Balaban J connectivity index is 3.47. The smallest absolute Gasteiger partial charge is 0.207 e. The van der Waals surface area contributed by atoms with E-state index >= 15 is 0 Å². The van der Waals surface area contributed by atoms with Gasteiger partial charge in [-0.3, -0.25) is 0 Å². The molecule has 0 heterocycles. The molecule has 0 aliphatic rings. The summed E-state index contributed by atoms with van der Waals surface area (Å²) in [5, 5.41) is 8.88. The molecule has 0 spiro atoms. The summed E-state index contributed by atoms with van der Waals surface area (Å²) in [5.41, 5.74) is -0.434. The van der Waals surface area contributed by atoms with Gasteiger partial charge in [0, 0.05) is 12.6 Å². The van der Waals surface area contributed by atoms with Crippen molar-refractivity contribution in [2.45, 2.75) is 31.7 Å². The number of hydrogen-bond acceptors (Lipinski definition) is 3. The summed E-state index contributed by atoms with van der Waals surface area (Å²) in [5.74, 6) is -0.821. The van der Waals surface area contributed by atoms with Crippen molar-refractivity contribution in [3.05, 3.63) is 29.6 Å². The maximum atomic E-state index is 13.4. The quantitative estimate of drug-likeness (QED) is 0.842. The molecule has 0 aromatic heterocycles. The molecule has 0 saturated heterocycles. The van der Waals surface area contributed by atoms with Gasteiger partial charge in [0.05, 0.1) is 0 Å². The molecule has 18 heavy (non-hydrogen) atoms. The molecule has 6 heteroatoms. The van der Waals surface area contributed by atoms with E-state index in [1.54, 1.807) is 26.8 Å². The average Bonchev–Trinajstić information content (AvgIpc) is 2.28. The van der Waals surface area contributed by atoms with Gasteiger partial charge >= 0.3 is 0 Å². The molecule has 0 unspecified atom stereocenters. The Morgan fingerprint density at radius 3 is 2.50 bits per heavy atom. The highest BCUT2D eigenvalue weighted by molar-refractivity contribution is 7.89. The van der Waals surface area contributed by atoms with Crippen LogP contribution in [0.5, 0.6) is 0 Å². The second-order valence-corrected chi connectivity index (χ2v) is 5.89. The molecule has 4 nitrogen and oxygen atoms in total. The lowest BCUT2D eigenvalue weighted by atomic mass is 10.2. The molecular formula is C12H15FN2O2S. The average molecular weight is 270 g/mol. The number of hydrogen-bond donors (Lipinski definition) is 0. The molecule has 1 rings (SSSR count). The van der Waals surface area contributed by atoms with Crippen molar-refractivity contribution >= 4 is 10.0 Å². The Kier molecular flexibility index (Phi) is 4.43.